The molecule has 25 nitrogen and oxygen atoms in total. The van der Waals surface area contributed by atoms with Crippen LogP contribution < -0.4 is 5.32 Å². The number of nitrogens with one attached hydrogen (secondary N) is 4. The Kier molecular flexibility index (Phi) is 28.5. The third kappa shape index (κ3) is 21.5. The standard InChI is InChI=1S/C29H24FIN4O2.C28H21BrF2N4O2.C28H22BrFN4O2.C27H21BrFN5O2/c1-18-14-21-15-19(2-11-26(21)32-18)12-13-34-27(36)17-37-29(34)25-16-35(24-9-7-23(31)8-10-24)33-28(25)20-3-5-22(30)6-4-20;29-20-3-7-22(8-4-20)35-15-23(27(33-35)17-1-5-21(30)6-2-17)28-34(26(36)16-37-28)12-10-18-14-25-19(9-11-32-25)13-24(18)31;29-21-5-9-23(10-6-21)34-16-24(27(32-34)20-3-7-22(30)8-4-20)28-33(26(35)17-36-28)14-12-18-1-2-19-11-13-31-25(19)15-18;28-20-5-9-22(10-6-20)34-15-23(26(32-34)18-3-7-21(29)8-4-18)27-33(25(35)16-36-27)12-11-17-1-2-19-14-30-31-24(19)13-17/h2-11,15-16,29,32H,1,12-14,17H2;1-9,11,13-15,28,32H,10,12,16H2;1-11,13,15-16,28,31H,12,14,17H2;1-10,13-15,27H,11-12,16H2,(H,30,31). The number of allylic oxidation sites excluding steroid dienone is 1. The molecule has 19 aromatic rings. The molecule has 5 aliphatic rings. The van der Waals surface area contributed by atoms with Gasteiger partial charge in [0.1, 0.15) is 78.3 Å². The minimum absolute atomic E-state index is 0.00340. The van der Waals surface area contributed by atoms with Crippen molar-refractivity contribution in [2.45, 2.75) is 57.0 Å². The van der Waals surface area contributed by atoms with Crippen LogP contribution >= 0.6 is 70.4 Å². The zero-order chi connectivity index (χ0) is 100. The number of carbonyl (C=O) groups is 4. The number of aromatic nitrogens is 12. The van der Waals surface area contributed by atoms with Gasteiger partial charge in [-0.05, 0) is 318 Å². The van der Waals surface area contributed by atoms with E-state index in [-0.39, 0.29) is 85.7 Å². The number of aromatic amines is 3. The molecule has 0 saturated carbocycles. The van der Waals surface area contributed by atoms with Crippen molar-refractivity contribution < 1.29 is 60.1 Å². The van der Waals surface area contributed by atoms with Crippen LogP contribution in [0.25, 0.3) is 100 Å². The number of nitrogens with zero attached hydrogens (tertiary/aromatic N) is 13. The lowest BCUT2D eigenvalue weighted by atomic mass is 10.0. The van der Waals surface area contributed by atoms with Crippen LogP contribution in [0.3, 0.4) is 0 Å². The molecule has 0 bridgehead atoms. The molecule has 24 rings (SSSR count). The predicted molar refractivity (Wildman–Crippen MR) is 564 cm³/mol. The Morgan fingerprint density at radius 1 is 0.363 bits per heavy atom. The smallest absolute Gasteiger partial charge is 0.250 e. The molecule has 4 N–H and O–H groups in total. The molecule has 0 radical (unpaired) electrons. The molecule has 4 saturated heterocycles. The molecule has 0 aliphatic carbocycles. The summed E-state index contributed by atoms with van der Waals surface area (Å²) in [4.78, 5) is 64.7. The molecule has 0 spiro atoms. The number of anilines is 1. The Morgan fingerprint density at radius 3 is 1.09 bits per heavy atom. The summed E-state index contributed by atoms with van der Waals surface area (Å²) in [5.74, 6) is -2.02. The van der Waals surface area contributed by atoms with Gasteiger partial charge in [-0.15, -0.1) is 0 Å². The van der Waals surface area contributed by atoms with E-state index in [1.807, 2.05) is 158 Å². The number of benzene rings is 12. The lowest BCUT2D eigenvalue weighted by molar-refractivity contribution is -0.128. The van der Waals surface area contributed by atoms with Crippen LogP contribution in [-0.2, 0) is 70.2 Å². The van der Waals surface area contributed by atoms with E-state index in [1.165, 1.54) is 60.2 Å². The second-order valence-electron chi connectivity index (χ2n) is 35.5. The first-order chi connectivity index (χ1) is 71.0. The van der Waals surface area contributed by atoms with E-state index in [1.54, 1.807) is 105 Å². The Labute approximate surface area is 872 Å². The molecule has 4 atom stereocenters. The van der Waals surface area contributed by atoms with Crippen LogP contribution in [0.4, 0.5) is 27.6 Å². The van der Waals surface area contributed by atoms with Gasteiger partial charge in [0.25, 0.3) is 23.6 Å². The molecule has 12 heterocycles. The highest BCUT2D eigenvalue weighted by Crippen LogP contribution is 2.43. The zero-order valence-electron chi connectivity index (χ0n) is 77.7. The number of hydrogen-bond acceptors (Lipinski definition) is 14. The fourth-order valence-electron chi connectivity index (χ4n) is 18.5. The maximum atomic E-state index is 14.7. The van der Waals surface area contributed by atoms with Gasteiger partial charge in [-0.2, -0.15) is 25.5 Å². The first-order valence-electron chi connectivity index (χ1n) is 46.9. The number of H-pyrrole nitrogens is 3. The third-order valence-corrected chi connectivity index (χ3v) is 28.3. The normalized spacial score (nSPS) is 16.0. The van der Waals surface area contributed by atoms with Crippen molar-refractivity contribution in [1.82, 2.24) is 78.9 Å². The fourth-order valence-corrected chi connectivity index (χ4v) is 19.7. The molecule has 5 aliphatic heterocycles. The van der Waals surface area contributed by atoms with Crippen LogP contribution in [0.15, 0.2) is 342 Å². The van der Waals surface area contributed by atoms with Gasteiger partial charge in [0.2, 0.25) is 0 Å². The van der Waals surface area contributed by atoms with Crippen molar-refractivity contribution in [3.05, 3.63) is 425 Å². The second kappa shape index (κ2) is 42.8. The quantitative estimate of drug-likeness (QED) is 0.0324. The van der Waals surface area contributed by atoms with E-state index in [2.05, 4.69) is 139 Å². The molecule has 732 valence electrons. The maximum Gasteiger partial charge on any atom is 0.250 e. The van der Waals surface area contributed by atoms with Crippen LogP contribution in [0.5, 0.6) is 0 Å². The summed E-state index contributed by atoms with van der Waals surface area (Å²) in [7, 11) is 0. The van der Waals surface area contributed by atoms with E-state index < -0.39 is 24.9 Å². The molecule has 4 unspecified atom stereocenters. The Bertz CT molecular complexity index is 7830. The predicted octanol–water partition coefficient (Wildman–Crippen LogP) is 23.5. The average molecular weight is 2260 g/mol. The number of ether oxygens (including phenoxy) is 4. The first-order valence-corrected chi connectivity index (χ1v) is 50.4. The second-order valence-corrected chi connectivity index (χ2v) is 39.5. The van der Waals surface area contributed by atoms with E-state index in [0.717, 1.165) is 140 Å². The minimum atomic E-state index is -0.714. The third-order valence-electron chi connectivity index (χ3n) is 26.0. The highest BCUT2D eigenvalue weighted by molar-refractivity contribution is 14.1. The first kappa shape index (κ1) is 97.2. The van der Waals surface area contributed by atoms with Gasteiger partial charge in [0.15, 0.2) is 24.9 Å². The van der Waals surface area contributed by atoms with E-state index >= 15 is 0 Å². The van der Waals surface area contributed by atoms with E-state index in [4.69, 9.17) is 39.3 Å². The van der Waals surface area contributed by atoms with Crippen LogP contribution in [0, 0.1) is 32.7 Å². The number of hydrogen-bond donors (Lipinski definition) is 4. The van der Waals surface area contributed by atoms with Crippen molar-refractivity contribution in [3.63, 3.8) is 0 Å². The molecule has 4 fully saturated rings. The van der Waals surface area contributed by atoms with Crippen molar-refractivity contribution in [2.75, 3.05) is 57.9 Å². The number of fused-ring (bicyclic) bond motifs is 4. The van der Waals surface area contributed by atoms with Crippen molar-refractivity contribution >= 4 is 132 Å². The molecule has 146 heavy (non-hydrogen) atoms. The summed E-state index contributed by atoms with van der Waals surface area (Å²) in [6.45, 7) is 5.70. The van der Waals surface area contributed by atoms with Crippen molar-refractivity contribution in [2.24, 2.45) is 0 Å². The average Bonchev–Trinajstić information content (AvgIpc) is 1.63. The number of rotatable bonds is 24. The van der Waals surface area contributed by atoms with Crippen molar-refractivity contribution in [1.29, 1.82) is 0 Å². The summed E-state index contributed by atoms with van der Waals surface area (Å²) < 4.78 is 104. The molecular weight excluding hydrogens is 2170 g/mol. The lowest BCUT2D eigenvalue weighted by Crippen LogP contribution is -2.31. The summed E-state index contributed by atoms with van der Waals surface area (Å²) in [6, 6.07) is 81.7. The minimum Gasteiger partial charge on any atom is -0.361 e. The van der Waals surface area contributed by atoms with E-state index in [0.29, 0.717) is 84.8 Å². The van der Waals surface area contributed by atoms with Gasteiger partial charge in [-0.3, -0.25) is 24.3 Å². The van der Waals surface area contributed by atoms with Crippen LogP contribution in [-0.4, -0.2) is 155 Å². The highest BCUT2D eigenvalue weighted by atomic mass is 127. The lowest BCUT2D eigenvalue weighted by Gasteiger charge is -2.23. The molecule has 7 aromatic heterocycles. The SMILES string of the molecule is C=C1Cc2cc(CCN3C(=O)COC3c3cn(-c4ccc(I)cc4)nc3-c3ccc(F)cc3)ccc2N1.O=C1COC(c2cn(-c3ccc(Br)cc3)nc2-c2ccc(F)cc2)N1CCc1cc2[nH]ccc2cc1F.O=C1COC(c2cn(-c3ccc(Br)cc3)nc2-c2ccc(F)cc2)N1CCc1ccc2cc[nH]c2c1.O=C1COC(c2cn(-c3ccc(Br)cc3)nc2-c2ccc(F)cc2)N1CCc1ccc2cn[nH]c2c1. The number of halogens is 9. The molecule has 12 aromatic carbocycles. The Hall–Kier alpha value is -14.9. The van der Waals surface area contributed by atoms with Gasteiger partial charge >= 0.3 is 0 Å². The summed E-state index contributed by atoms with van der Waals surface area (Å²) in [5.41, 5.74) is 21.9. The van der Waals surface area contributed by atoms with E-state index in [9.17, 15) is 41.1 Å². The largest absolute Gasteiger partial charge is 0.361 e. The van der Waals surface area contributed by atoms with Gasteiger partial charge in [-0.1, -0.05) is 90.8 Å². The molecule has 4 amide bonds. The Morgan fingerprint density at radius 2 is 0.699 bits per heavy atom. The Balaban J connectivity index is 0.000000114. The topological polar surface area (TPSA) is 262 Å². The number of amides is 4. The van der Waals surface area contributed by atoms with Gasteiger partial charge in [0.05, 0.1) is 34.5 Å². The maximum absolute atomic E-state index is 14.7. The zero-order valence-corrected chi connectivity index (χ0v) is 84.6. The summed E-state index contributed by atoms with van der Waals surface area (Å²) in [5, 5.41) is 32.6. The summed E-state index contributed by atoms with van der Waals surface area (Å²) >= 11 is 12.6. The summed E-state index contributed by atoms with van der Waals surface area (Å²) in [6.07, 6.45) is 13.7. The van der Waals surface area contributed by atoms with Gasteiger partial charge < -0.3 is 53.8 Å². The fraction of sp³-hybridized carbons (Fsp3) is 0.152. The highest BCUT2D eigenvalue weighted by Gasteiger charge is 2.41. The molecule has 34 heteroatoms. The van der Waals surface area contributed by atoms with Crippen LogP contribution in [0.1, 0.15) is 75.0 Å². The van der Waals surface area contributed by atoms with Crippen molar-refractivity contribution in [3.8, 4) is 67.8 Å². The monoisotopic (exact) mass is 2260 g/mol. The van der Waals surface area contributed by atoms with Gasteiger partial charge in [0, 0.05) is 164 Å². The number of carbonyl (C=O) groups excluding carboxylic acids is 4. The van der Waals surface area contributed by atoms with Crippen LogP contribution in [0.2, 0.25) is 0 Å². The van der Waals surface area contributed by atoms with Gasteiger partial charge in [-0.25, -0.2) is 40.7 Å². The molecular formula is C112H88Br3F5IN17O8.